The molecule has 122 valence electrons. The van der Waals surface area contributed by atoms with Gasteiger partial charge in [0.25, 0.3) is 0 Å². The SMILES string of the molecule is Cc1cc(F)ccc1S(=O)(=O)N1CCN(C(=O)C(C)C)CC1. The van der Waals surface area contributed by atoms with E-state index in [4.69, 9.17) is 0 Å². The van der Waals surface area contributed by atoms with Crippen molar-refractivity contribution in [3.8, 4) is 0 Å². The predicted molar refractivity (Wildman–Crippen MR) is 81.3 cm³/mol. The Morgan fingerprint density at radius 1 is 1.18 bits per heavy atom. The number of nitrogens with zero attached hydrogens (tertiary/aromatic N) is 2. The zero-order chi connectivity index (χ0) is 16.5. The fraction of sp³-hybridized carbons (Fsp3) is 0.533. The standard InChI is InChI=1S/C15H21FN2O3S/c1-11(2)15(19)17-6-8-18(9-7-17)22(20,21)14-5-4-13(16)10-12(14)3/h4-5,10-11H,6-9H2,1-3H3. The van der Waals surface area contributed by atoms with Crippen LogP contribution in [0, 0.1) is 18.7 Å². The molecule has 1 saturated heterocycles. The van der Waals surface area contributed by atoms with Crippen LogP contribution in [0.5, 0.6) is 0 Å². The monoisotopic (exact) mass is 328 g/mol. The number of amides is 1. The van der Waals surface area contributed by atoms with E-state index in [1.165, 1.54) is 16.4 Å². The van der Waals surface area contributed by atoms with E-state index in [2.05, 4.69) is 0 Å². The molecule has 1 heterocycles. The lowest BCUT2D eigenvalue weighted by atomic mass is 10.2. The summed E-state index contributed by atoms with van der Waals surface area (Å²) in [5.41, 5.74) is 0.390. The summed E-state index contributed by atoms with van der Waals surface area (Å²) in [6.07, 6.45) is 0. The number of rotatable bonds is 3. The van der Waals surface area contributed by atoms with Gasteiger partial charge < -0.3 is 4.90 Å². The number of hydrogen-bond acceptors (Lipinski definition) is 3. The summed E-state index contributed by atoms with van der Waals surface area (Å²) in [7, 11) is -3.65. The maximum absolute atomic E-state index is 13.1. The Balaban J connectivity index is 2.14. The smallest absolute Gasteiger partial charge is 0.243 e. The first-order valence-corrected chi connectivity index (χ1v) is 8.72. The molecule has 1 aromatic rings. The van der Waals surface area contributed by atoms with E-state index in [-0.39, 0.29) is 29.8 Å². The molecule has 2 rings (SSSR count). The van der Waals surface area contributed by atoms with Crippen molar-refractivity contribution in [1.29, 1.82) is 0 Å². The van der Waals surface area contributed by atoms with Crippen molar-refractivity contribution in [3.63, 3.8) is 0 Å². The number of carbonyl (C=O) groups excluding carboxylic acids is 1. The van der Waals surface area contributed by atoms with Gasteiger partial charge in [-0.2, -0.15) is 4.31 Å². The van der Waals surface area contributed by atoms with Crippen LogP contribution in [-0.4, -0.2) is 49.7 Å². The van der Waals surface area contributed by atoms with Gasteiger partial charge in [0.15, 0.2) is 0 Å². The Labute approximate surface area is 130 Å². The molecular formula is C15H21FN2O3S. The van der Waals surface area contributed by atoms with Crippen molar-refractivity contribution in [1.82, 2.24) is 9.21 Å². The highest BCUT2D eigenvalue weighted by atomic mass is 32.2. The van der Waals surface area contributed by atoms with Crippen molar-refractivity contribution in [3.05, 3.63) is 29.6 Å². The average molecular weight is 328 g/mol. The highest BCUT2D eigenvalue weighted by Crippen LogP contribution is 2.22. The molecule has 1 amide bonds. The lowest BCUT2D eigenvalue weighted by Crippen LogP contribution is -2.51. The molecule has 0 bridgehead atoms. The molecule has 1 fully saturated rings. The van der Waals surface area contributed by atoms with Crippen molar-refractivity contribution in [2.45, 2.75) is 25.7 Å². The summed E-state index contributed by atoms with van der Waals surface area (Å²) >= 11 is 0. The minimum absolute atomic E-state index is 0.0370. The zero-order valence-corrected chi connectivity index (χ0v) is 13.9. The van der Waals surface area contributed by atoms with E-state index in [1.54, 1.807) is 11.8 Å². The van der Waals surface area contributed by atoms with Crippen molar-refractivity contribution >= 4 is 15.9 Å². The molecule has 0 radical (unpaired) electrons. The molecule has 7 heteroatoms. The lowest BCUT2D eigenvalue weighted by molar-refractivity contribution is -0.135. The Morgan fingerprint density at radius 3 is 2.27 bits per heavy atom. The lowest BCUT2D eigenvalue weighted by Gasteiger charge is -2.35. The summed E-state index contributed by atoms with van der Waals surface area (Å²) < 4.78 is 39.8. The van der Waals surface area contributed by atoms with Gasteiger partial charge in [-0.1, -0.05) is 13.8 Å². The minimum atomic E-state index is -3.65. The van der Waals surface area contributed by atoms with Crippen LogP contribution in [0.15, 0.2) is 23.1 Å². The highest BCUT2D eigenvalue weighted by molar-refractivity contribution is 7.89. The fourth-order valence-corrected chi connectivity index (χ4v) is 4.18. The van der Waals surface area contributed by atoms with Crippen molar-refractivity contribution in [2.24, 2.45) is 5.92 Å². The molecule has 0 aromatic heterocycles. The first-order chi connectivity index (χ1) is 10.2. The summed E-state index contributed by atoms with van der Waals surface area (Å²) in [6.45, 7) is 6.53. The maximum atomic E-state index is 13.1. The summed E-state index contributed by atoms with van der Waals surface area (Å²) in [5.74, 6) is -0.513. The Morgan fingerprint density at radius 2 is 1.77 bits per heavy atom. The second-order valence-electron chi connectivity index (χ2n) is 5.79. The van der Waals surface area contributed by atoms with Crippen LogP contribution in [0.3, 0.4) is 0 Å². The van der Waals surface area contributed by atoms with Crippen LogP contribution >= 0.6 is 0 Å². The number of sulfonamides is 1. The molecule has 0 saturated carbocycles. The third kappa shape index (κ3) is 3.30. The van der Waals surface area contributed by atoms with Crippen LogP contribution in [-0.2, 0) is 14.8 Å². The summed E-state index contributed by atoms with van der Waals surface area (Å²) in [4.78, 5) is 13.7. The van der Waals surface area contributed by atoms with E-state index >= 15 is 0 Å². The Kier molecular flexibility index (Phi) is 4.87. The van der Waals surface area contributed by atoms with Gasteiger partial charge in [-0.3, -0.25) is 4.79 Å². The van der Waals surface area contributed by atoms with Gasteiger partial charge in [-0.15, -0.1) is 0 Å². The van der Waals surface area contributed by atoms with Crippen LogP contribution < -0.4 is 0 Å². The molecule has 1 aliphatic heterocycles. The fourth-order valence-electron chi connectivity index (χ4n) is 2.56. The number of benzene rings is 1. The third-order valence-electron chi connectivity index (χ3n) is 3.80. The number of aryl methyl sites for hydroxylation is 1. The number of piperazine rings is 1. The Hall–Kier alpha value is -1.47. The second-order valence-corrected chi connectivity index (χ2v) is 7.70. The molecule has 1 aromatic carbocycles. The summed E-state index contributed by atoms with van der Waals surface area (Å²) in [5, 5.41) is 0. The first kappa shape index (κ1) is 16.9. The van der Waals surface area contributed by atoms with Crippen molar-refractivity contribution in [2.75, 3.05) is 26.2 Å². The van der Waals surface area contributed by atoms with E-state index in [0.717, 1.165) is 6.07 Å². The average Bonchev–Trinajstić information content (AvgIpc) is 2.46. The molecule has 0 N–H and O–H groups in total. The van der Waals surface area contributed by atoms with E-state index < -0.39 is 15.8 Å². The van der Waals surface area contributed by atoms with Gasteiger partial charge in [0.05, 0.1) is 4.90 Å². The molecule has 22 heavy (non-hydrogen) atoms. The topological polar surface area (TPSA) is 57.7 Å². The van der Waals surface area contributed by atoms with Crippen molar-refractivity contribution < 1.29 is 17.6 Å². The molecule has 5 nitrogen and oxygen atoms in total. The third-order valence-corrected chi connectivity index (χ3v) is 5.86. The second kappa shape index (κ2) is 6.34. The van der Waals surface area contributed by atoms with Gasteiger partial charge in [-0.05, 0) is 30.7 Å². The van der Waals surface area contributed by atoms with Crippen LogP contribution in [0.4, 0.5) is 4.39 Å². The quantitative estimate of drug-likeness (QED) is 0.847. The van der Waals surface area contributed by atoms with Gasteiger partial charge in [0.2, 0.25) is 15.9 Å². The predicted octanol–water partition coefficient (Wildman–Crippen LogP) is 1.62. The van der Waals surface area contributed by atoms with E-state index in [1.807, 2.05) is 13.8 Å². The number of carbonyl (C=O) groups is 1. The van der Waals surface area contributed by atoms with Gasteiger partial charge in [0, 0.05) is 32.1 Å². The highest BCUT2D eigenvalue weighted by Gasteiger charge is 2.31. The molecule has 0 aliphatic carbocycles. The van der Waals surface area contributed by atoms with Crippen LogP contribution in [0.1, 0.15) is 19.4 Å². The first-order valence-electron chi connectivity index (χ1n) is 7.28. The molecular weight excluding hydrogens is 307 g/mol. The van der Waals surface area contributed by atoms with Gasteiger partial charge >= 0.3 is 0 Å². The number of halogens is 1. The molecule has 0 unspecified atom stereocenters. The zero-order valence-electron chi connectivity index (χ0n) is 13.0. The van der Waals surface area contributed by atoms with Crippen LogP contribution in [0.2, 0.25) is 0 Å². The van der Waals surface area contributed by atoms with E-state index in [9.17, 15) is 17.6 Å². The molecule has 0 atom stereocenters. The largest absolute Gasteiger partial charge is 0.340 e. The molecule has 1 aliphatic rings. The normalized spacial score (nSPS) is 17.0. The van der Waals surface area contributed by atoms with Gasteiger partial charge in [-0.25, -0.2) is 12.8 Å². The number of hydrogen-bond donors (Lipinski definition) is 0. The van der Waals surface area contributed by atoms with E-state index in [0.29, 0.717) is 18.7 Å². The summed E-state index contributed by atoms with van der Waals surface area (Å²) in [6, 6.07) is 3.66. The van der Waals surface area contributed by atoms with Gasteiger partial charge in [0.1, 0.15) is 5.82 Å². The maximum Gasteiger partial charge on any atom is 0.243 e. The minimum Gasteiger partial charge on any atom is -0.340 e. The van der Waals surface area contributed by atoms with Crippen LogP contribution in [0.25, 0.3) is 0 Å². The Bertz CT molecular complexity index is 665. The molecule has 0 spiro atoms.